The van der Waals surface area contributed by atoms with Gasteiger partial charge in [0.05, 0.1) is 53.4 Å². The molecule has 0 radical (unpaired) electrons. The average molecular weight is 498 g/mol. The van der Waals surface area contributed by atoms with Gasteiger partial charge in [0.25, 0.3) is 10.0 Å². The molecule has 0 unspecified atom stereocenters. The topological polar surface area (TPSA) is 106 Å². The van der Waals surface area contributed by atoms with Crippen molar-refractivity contribution in [3.05, 3.63) is 35.4 Å². The van der Waals surface area contributed by atoms with Gasteiger partial charge >= 0.3 is 0 Å². The highest BCUT2D eigenvalue weighted by molar-refractivity contribution is 7.92. The summed E-state index contributed by atoms with van der Waals surface area (Å²) < 4.78 is 45.8. The van der Waals surface area contributed by atoms with Gasteiger partial charge in [-0.2, -0.15) is 0 Å². The zero-order valence-electron chi connectivity index (χ0n) is 18.8. The highest BCUT2D eigenvalue weighted by Crippen LogP contribution is 2.40. The number of carbonyl (C=O) groups is 1. The summed E-state index contributed by atoms with van der Waals surface area (Å²) in [5.74, 6) is 0.613. The first-order chi connectivity index (χ1) is 15.7. The smallest absolute Gasteiger partial charge is 0.262 e. The zero-order chi connectivity index (χ0) is 24.0. The number of sulfonamides is 1. The molecule has 1 saturated heterocycles. The van der Waals surface area contributed by atoms with Crippen LogP contribution in [0.15, 0.2) is 35.2 Å². The lowest BCUT2D eigenvalue weighted by Gasteiger charge is -2.31. The van der Waals surface area contributed by atoms with Crippen LogP contribution in [-0.4, -0.2) is 53.8 Å². The van der Waals surface area contributed by atoms with E-state index in [0.717, 1.165) is 5.69 Å². The molecule has 2 aromatic carbocycles. The summed E-state index contributed by atoms with van der Waals surface area (Å²) >= 11 is 6.17. The molecule has 2 N–H and O–H groups in total. The van der Waals surface area contributed by atoms with E-state index in [-0.39, 0.29) is 21.5 Å². The normalized spacial score (nSPS) is 14.0. The maximum atomic E-state index is 13.1. The summed E-state index contributed by atoms with van der Waals surface area (Å²) in [6.45, 7) is 8.37. The Labute approximate surface area is 199 Å². The molecule has 0 aromatic heterocycles. The summed E-state index contributed by atoms with van der Waals surface area (Å²) in [5.41, 5.74) is 1.39. The molecule has 180 valence electrons. The van der Waals surface area contributed by atoms with Crippen molar-refractivity contribution in [3.8, 4) is 11.5 Å². The Kier molecular flexibility index (Phi) is 8.28. The van der Waals surface area contributed by atoms with Gasteiger partial charge in [0.2, 0.25) is 5.91 Å². The van der Waals surface area contributed by atoms with Crippen molar-refractivity contribution in [1.82, 2.24) is 0 Å². The Bertz CT molecular complexity index is 1100. The summed E-state index contributed by atoms with van der Waals surface area (Å²) in [7, 11) is -4.01. The SMILES string of the molecule is CCOc1cc(N2CCOCC2)c(OCC)cc1NS(=O)(=O)c1ccc(NC(C)=O)c(Cl)c1. The summed E-state index contributed by atoms with van der Waals surface area (Å²) in [4.78, 5) is 13.3. The summed E-state index contributed by atoms with van der Waals surface area (Å²) in [6.07, 6.45) is 0. The zero-order valence-corrected chi connectivity index (χ0v) is 20.4. The quantitative estimate of drug-likeness (QED) is 0.543. The number of nitrogens with zero attached hydrogens (tertiary/aromatic N) is 1. The van der Waals surface area contributed by atoms with Crippen molar-refractivity contribution in [2.75, 3.05) is 54.5 Å². The standard InChI is InChI=1S/C22H28ClN3O6S/c1-4-31-21-14-20(26-8-10-30-11-9-26)22(32-5-2)13-19(21)25-33(28,29)16-6-7-18(17(23)12-16)24-15(3)27/h6-7,12-14,25H,4-5,8-11H2,1-3H3,(H,24,27). The van der Waals surface area contributed by atoms with E-state index >= 15 is 0 Å². The van der Waals surface area contributed by atoms with Gasteiger partial charge < -0.3 is 24.4 Å². The molecule has 1 amide bonds. The van der Waals surface area contributed by atoms with Gasteiger partial charge in [-0.1, -0.05) is 11.6 Å². The second-order valence-corrected chi connectivity index (χ2v) is 9.30. The summed E-state index contributed by atoms with van der Waals surface area (Å²) in [6, 6.07) is 7.50. The van der Waals surface area contributed by atoms with E-state index < -0.39 is 10.0 Å². The van der Waals surface area contributed by atoms with Crippen LogP contribution in [0.5, 0.6) is 11.5 Å². The lowest BCUT2D eigenvalue weighted by atomic mass is 10.2. The molecule has 1 aliphatic heterocycles. The number of nitrogens with one attached hydrogen (secondary N) is 2. The Balaban J connectivity index is 1.97. The largest absolute Gasteiger partial charge is 0.492 e. The van der Waals surface area contributed by atoms with Crippen LogP contribution in [0.3, 0.4) is 0 Å². The van der Waals surface area contributed by atoms with Crippen molar-refractivity contribution < 1.29 is 27.4 Å². The van der Waals surface area contributed by atoms with E-state index in [0.29, 0.717) is 56.7 Å². The van der Waals surface area contributed by atoms with E-state index in [9.17, 15) is 13.2 Å². The second-order valence-electron chi connectivity index (χ2n) is 7.21. The monoisotopic (exact) mass is 497 g/mol. The van der Waals surface area contributed by atoms with Gasteiger partial charge in [-0.25, -0.2) is 8.42 Å². The van der Waals surface area contributed by atoms with Crippen LogP contribution >= 0.6 is 11.6 Å². The highest BCUT2D eigenvalue weighted by atomic mass is 35.5. The first kappa shape index (κ1) is 24.9. The fourth-order valence-corrected chi connectivity index (χ4v) is 4.76. The molecular formula is C22H28ClN3O6S. The number of amides is 1. The molecule has 0 aliphatic carbocycles. The number of hydrogen-bond donors (Lipinski definition) is 2. The number of rotatable bonds is 9. The Morgan fingerprint density at radius 2 is 1.73 bits per heavy atom. The third kappa shape index (κ3) is 6.21. The van der Waals surface area contributed by atoms with Crippen molar-refractivity contribution in [2.45, 2.75) is 25.7 Å². The maximum absolute atomic E-state index is 13.1. The minimum atomic E-state index is -4.01. The van der Waals surface area contributed by atoms with E-state index in [4.69, 9.17) is 25.8 Å². The van der Waals surface area contributed by atoms with E-state index in [1.165, 1.54) is 25.1 Å². The van der Waals surface area contributed by atoms with Crippen molar-refractivity contribution in [1.29, 1.82) is 0 Å². The van der Waals surface area contributed by atoms with Crippen molar-refractivity contribution >= 4 is 44.6 Å². The fraction of sp³-hybridized carbons (Fsp3) is 0.409. The number of morpholine rings is 1. The molecule has 3 rings (SSSR count). The van der Waals surface area contributed by atoms with Crippen LogP contribution in [0.25, 0.3) is 0 Å². The Hall–Kier alpha value is -2.69. The molecule has 1 fully saturated rings. The molecule has 0 atom stereocenters. The minimum Gasteiger partial charge on any atom is -0.492 e. The van der Waals surface area contributed by atoms with E-state index in [2.05, 4.69) is 14.9 Å². The molecule has 0 saturated carbocycles. The molecule has 33 heavy (non-hydrogen) atoms. The van der Waals surface area contributed by atoms with Gasteiger partial charge in [0.1, 0.15) is 11.5 Å². The first-order valence-electron chi connectivity index (χ1n) is 10.6. The number of halogens is 1. The molecule has 0 spiro atoms. The number of benzene rings is 2. The van der Waals surface area contributed by atoms with Crippen LogP contribution in [0.2, 0.25) is 5.02 Å². The number of ether oxygens (including phenoxy) is 3. The van der Waals surface area contributed by atoms with Crippen LogP contribution in [0.4, 0.5) is 17.1 Å². The molecule has 0 bridgehead atoms. The predicted molar refractivity (Wildman–Crippen MR) is 128 cm³/mol. The molecule has 9 nitrogen and oxygen atoms in total. The Morgan fingerprint density at radius 3 is 2.33 bits per heavy atom. The fourth-order valence-electron chi connectivity index (χ4n) is 3.38. The van der Waals surface area contributed by atoms with Crippen LogP contribution < -0.4 is 24.4 Å². The van der Waals surface area contributed by atoms with Crippen molar-refractivity contribution in [3.63, 3.8) is 0 Å². The molecule has 1 aliphatic rings. The third-order valence-electron chi connectivity index (χ3n) is 4.82. The molecule has 1 heterocycles. The highest BCUT2D eigenvalue weighted by Gasteiger charge is 2.23. The molecule has 2 aromatic rings. The van der Waals surface area contributed by atoms with Crippen LogP contribution in [0, 0.1) is 0 Å². The van der Waals surface area contributed by atoms with E-state index in [1.54, 1.807) is 12.1 Å². The third-order valence-corrected chi connectivity index (χ3v) is 6.49. The second kappa shape index (κ2) is 11.0. The van der Waals surface area contributed by atoms with E-state index in [1.807, 2.05) is 13.8 Å². The number of hydrogen-bond acceptors (Lipinski definition) is 7. The lowest BCUT2D eigenvalue weighted by Crippen LogP contribution is -2.36. The summed E-state index contributed by atoms with van der Waals surface area (Å²) in [5, 5.41) is 2.66. The average Bonchev–Trinajstić information content (AvgIpc) is 2.77. The molecule has 11 heteroatoms. The van der Waals surface area contributed by atoms with Crippen LogP contribution in [-0.2, 0) is 19.6 Å². The number of carbonyl (C=O) groups excluding carboxylic acids is 1. The maximum Gasteiger partial charge on any atom is 0.262 e. The number of anilines is 3. The minimum absolute atomic E-state index is 0.0562. The van der Waals surface area contributed by atoms with Gasteiger partial charge in [0, 0.05) is 32.1 Å². The molecular weight excluding hydrogens is 470 g/mol. The Morgan fingerprint density at radius 1 is 1.06 bits per heavy atom. The van der Waals surface area contributed by atoms with Crippen molar-refractivity contribution in [2.24, 2.45) is 0 Å². The van der Waals surface area contributed by atoms with Gasteiger partial charge in [-0.15, -0.1) is 0 Å². The van der Waals surface area contributed by atoms with Gasteiger partial charge in [-0.05, 0) is 32.0 Å². The lowest BCUT2D eigenvalue weighted by molar-refractivity contribution is -0.114. The predicted octanol–water partition coefficient (Wildman–Crippen LogP) is 3.73. The van der Waals surface area contributed by atoms with Gasteiger partial charge in [0.15, 0.2) is 0 Å². The van der Waals surface area contributed by atoms with Crippen LogP contribution in [0.1, 0.15) is 20.8 Å². The first-order valence-corrected chi connectivity index (χ1v) is 12.5. The van der Waals surface area contributed by atoms with Gasteiger partial charge in [-0.3, -0.25) is 9.52 Å².